The van der Waals surface area contributed by atoms with Gasteiger partial charge in [0, 0.05) is 36.8 Å². The molecule has 1 aliphatic rings. The largest absolute Gasteiger partial charge is 0.422 e. The predicted molar refractivity (Wildman–Crippen MR) is 100 cm³/mol. The highest BCUT2D eigenvalue weighted by atomic mass is 35.5. The number of anilines is 1. The van der Waals surface area contributed by atoms with Crippen molar-refractivity contribution in [3.63, 3.8) is 0 Å². The molecule has 0 bridgehead atoms. The van der Waals surface area contributed by atoms with Crippen molar-refractivity contribution in [2.45, 2.75) is 19.4 Å². The smallest absolute Gasteiger partial charge is 0.299 e. The quantitative estimate of drug-likeness (QED) is 0.762. The summed E-state index contributed by atoms with van der Waals surface area (Å²) in [5.41, 5.74) is 2.30. The van der Waals surface area contributed by atoms with Crippen LogP contribution in [0.2, 0.25) is 5.02 Å². The molecule has 3 aromatic rings. The Kier molecular flexibility index (Phi) is 4.75. The molecule has 7 heteroatoms. The molecule has 0 atom stereocenters. The van der Waals surface area contributed by atoms with Gasteiger partial charge in [-0.25, -0.2) is 4.98 Å². The molecule has 6 nitrogen and oxygen atoms in total. The Balaban J connectivity index is 1.32. The molecule has 0 spiro atoms. The van der Waals surface area contributed by atoms with E-state index in [-0.39, 0.29) is 11.8 Å². The number of carbonyl (C=O) groups is 1. The monoisotopic (exact) mass is 370 g/mol. The van der Waals surface area contributed by atoms with E-state index in [1.807, 2.05) is 36.4 Å². The van der Waals surface area contributed by atoms with Crippen molar-refractivity contribution < 1.29 is 9.21 Å². The summed E-state index contributed by atoms with van der Waals surface area (Å²) in [5.74, 6) is 0.0943. The molecule has 0 aliphatic carbocycles. The molecule has 1 N–H and O–H groups in total. The third kappa shape index (κ3) is 3.65. The Morgan fingerprint density at radius 2 is 2.12 bits per heavy atom. The molecular weight excluding hydrogens is 352 g/mol. The molecule has 0 radical (unpaired) electrons. The lowest BCUT2D eigenvalue weighted by Gasteiger charge is -2.30. The number of pyridine rings is 1. The van der Waals surface area contributed by atoms with E-state index in [0.717, 1.165) is 31.5 Å². The summed E-state index contributed by atoms with van der Waals surface area (Å²) in [6.45, 7) is 1.97. The number of rotatable bonds is 4. The second-order valence-corrected chi connectivity index (χ2v) is 6.87. The summed E-state index contributed by atoms with van der Waals surface area (Å²) in [5, 5.41) is 3.69. The number of fused-ring (bicyclic) bond motifs is 1. The fraction of sp³-hybridized carbons (Fsp3) is 0.316. The van der Waals surface area contributed by atoms with E-state index in [1.165, 1.54) is 0 Å². The van der Waals surface area contributed by atoms with Gasteiger partial charge in [-0.3, -0.25) is 4.79 Å². The molecule has 26 heavy (non-hydrogen) atoms. The van der Waals surface area contributed by atoms with Crippen LogP contribution in [-0.4, -0.2) is 29.0 Å². The Morgan fingerprint density at radius 1 is 1.27 bits per heavy atom. The summed E-state index contributed by atoms with van der Waals surface area (Å²) < 4.78 is 5.76. The molecule has 2 aromatic heterocycles. The van der Waals surface area contributed by atoms with Crippen LogP contribution in [0.5, 0.6) is 0 Å². The molecule has 1 amide bonds. The number of hydrogen-bond acceptors (Lipinski definition) is 5. The molecule has 0 unspecified atom stereocenters. The fourth-order valence-corrected chi connectivity index (χ4v) is 3.42. The Morgan fingerprint density at radius 3 is 2.88 bits per heavy atom. The number of amides is 1. The number of hydrogen-bond donors (Lipinski definition) is 1. The van der Waals surface area contributed by atoms with Gasteiger partial charge in [0.1, 0.15) is 0 Å². The van der Waals surface area contributed by atoms with Crippen LogP contribution in [0.1, 0.15) is 18.4 Å². The lowest BCUT2D eigenvalue weighted by atomic mass is 9.96. The van der Waals surface area contributed by atoms with Gasteiger partial charge in [-0.05, 0) is 42.7 Å². The molecule has 134 valence electrons. The highest BCUT2D eigenvalue weighted by Crippen LogP contribution is 2.25. The van der Waals surface area contributed by atoms with E-state index in [0.29, 0.717) is 28.8 Å². The highest BCUT2D eigenvalue weighted by Gasteiger charge is 2.27. The Bertz CT molecular complexity index is 886. The number of aromatic nitrogens is 2. The zero-order valence-electron chi connectivity index (χ0n) is 14.2. The fourth-order valence-electron chi connectivity index (χ4n) is 3.21. The van der Waals surface area contributed by atoms with Crippen LogP contribution in [0.4, 0.5) is 6.01 Å². The number of oxazole rings is 1. The minimum Gasteiger partial charge on any atom is -0.422 e. The normalized spacial score (nSPS) is 15.3. The number of nitrogens with zero attached hydrogens (tertiary/aromatic N) is 3. The van der Waals surface area contributed by atoms with E-state index in [9.17, 15) is 4.79 Å². The van der Waals surface area contributed by atoms with Crippen LogP contribution >= 0.6 is 11.6 Å². The van der Waals surface area contributed by atoms with E-state index >= 15 is 0 Å². The summed E-state index contributed by atoms with van der Waals surface area (Å²) in [6.07, 6.45) is 3.24. The molecule has 1 aromatic carbocycles. The summed E-state index contributed by atoms with van der Waals surface area (Å²) in [4.78, 5) is 23.1. The first-order valence-corrected chi connectivity index (χ1v) is 9.05. The number of carbonyl (C=O) groups excluding carboxylic acids is 1. The first-order chi connectivity index (χ1) is 12.7. The van der Waals surface area contributed by atoms with Crippen LogP contribution in [0, 0.1) is 5.92 Å². The van der Waals surface area contributed by atoms with Gasteiger partial charge in [-0.1, -0.05) is 23.7 Å². The van der Waals surface area contributed by atoms with Crippen LogP contribution in [0.25, 0.3) is 11.2 Å². The topological polar surface area (TPSA) is 71.3 Å². The lowest BCUT2D eigenvalue weighted by molar-refractivity contribution is -0.125. The molecule has 3 heterocycles. The van der Waals surface area contributed by atoms with E-state index in [2.05, 4.69) is 20.2 Å². The third-order valence-corrected chi connectivity index (χ3v) is 4.88. The second-order valence-electron chi connectivity index (χ2n) is 6.43. The zero-order chi connectivity index (χ0) is 17.9. The summed E-state index contributed by atoms with van der Waals surface area (Å²) in [6, 6.07) is 11.8. The van der Waals surface area contributed by atoms with Crippen molar-refractivity contribution in [1.29, 1.82) is 0 Å². The molecule has 4 rings (SSSR count). The standard InChI is InChI=1S/C19H19ClN4O2/c20-15-4-1-3-13(11-15)12-22-18(25)14-6-9-24(10-7-14)19-23-17-16(26-19)5-2-8-21-17/h1-5,8,11,14H,6-7,9-10,12H2,(H,22,25). The second kappa shape index (κ2) is 7.33. The van der Waals surface area contributed by atoms with Gasteiger partial charge in [0.2, 0.25) is 11.6 Å². The molecule has 1 fully saturated rings. The van der Waals surface area contributed by atoms with Crippen molar-refractivity contribution in [2.24, 2.45) is 5.92 Å². The van der Waals surface area contributed by atoms with Gasteiger partial charge in [-0.15, -0.1) is 0 Å². The van der Waals surface area contributed by atoms with Crippen LogP contribution < -0.4 is 10.2 Å². The van der Waals surface area contributed by atoms with Crippen LogP contribution in [0.3, 0.4) is 0 Å². The molecule has 1 saturated heterocycles. The maximum absolute atomic E-state index is 12.4. The van der Waals surface area contributed by atoms with Gasteiger partial charge in [0.05, 0.1) is 0 Å². The number of nitrogens with one attached hydrogen (secondary N) is 1. The van der Waals surface area contributed by atoms with Crippen molar-refractivity contribution >= 4 is 34.8 Å². The highest BCUT2D eigenvalue weighted by molar-refractivity contribution is 6.30. The summed E-state index contributed by atoms with van der Waals surface area (Å²) >= 11 is 5.97. The Hall–Kier alpha value is -2.60. The maximum Gasteiger partial charge on any atom is 0.299 e. The SMILES string of the molecule is O=C(NCc1cccc(Cl)c1)C1CCN(c2nc3ncccc3o2)CC1. The Labute approximate surface area is 156 Å². The van der Waals surface area contributed by atoms with Crippen LogP contribution in [-0.2, 0) is 11.3 Å². The summed E-state index contributed by atoms with van der Waals surface area (Å²) in [7, 11) is 0. The molecule has 1 aliphatic heterocycles. The number of halogens is 1. The van der Waals surface area contributed by atoms with Gasteiger partial charge >= 0.3 is 0 Å². The number of piperidine rings is 1. The minimum absolute atomic E-state index is 0.00735. The van der Waals surface area contributed by atoms with Crippen molar-refractivity contribution in [2.75, 3.05) is 18.0 Å². The van der Waals surface area contributed by atoms with Crippen molar-refractivity contribution in [1.82, 2.24) is 15.3 Å². The van der Waals surface area contributed by atoms with Crippen LogP contribution in [0.15, 0.2) is 47.0 Å². The minimum atomic E-state index is 0.00735. The van der Waals surface area contributed by atoms with Gasteiger partial charge in [0.25, 0.3) is 6.01 Å². The van der Waals surface area contributed by atoms with Gasteiger partial charge in [-0.2, -0.15) is 4.98 Å². The lowest BCUT2D eigenvalue weighted by Crippen LogP contribution is -2.40. The van der Waals surface area contributed by atoms with Crippen molar-refractivity contribution in [3.8, 4) is 0 Å². The maximum atomic E-state index is 12.4. The van der Waals surface area contributed by atoms with Crippen molar-refractivity contribution in [3.05, 3.63) is 53.2 Å². The molecular formula is C19H19ClN4O2. The van der Waals surface area contributed by atoms with E-state index in [1.54, 1.807) is 6.20 Å². The predicted octanol–water partition coefficient (Wildman–Crippen LogP) is 3.41. The third-order valence-electron chi connectivity index (χ3n) is 4.65. The zero-order valence-corrected chi connectivity index (χ0v) is 14.9. The first kappa shape index (κ1) is 16.8. The first-order valence-electron chi connectivity index (χ1n) is 8.68. The van der Waals surface area contributed by atoms with Gasteiger partial charge < -0.3 is 14.6 Å². The average molecular weight is 371 g/mol. The molecule has 0 saturated carbocycles. The van der Waals surface area contributed by atoms with Gasteiger partial charge in [0.15, 0.2) is 5.58 Å². The average Bonchev–Trinajstić information content (AvgIpc) is 3.10. The van der Waals surface area contributed by atoms with E-state index in [4.69, 9.17) is 16.0 Å². The van der Waals surface area contributed by atoms with E-state index < -0.39 is 0 Å². The number of benzene rings is 1.